The first-order chi connectivity index (χ1) is 10.7. The number of nitrogens with one attached hydrogen (secondary N) is 1. The predicted molar refractivity (Wildman–Crippen MR) is 82.4 cm³/mol. The van der Waals surface area contributed by atoms with Gasteiger partial charge in [-0.15, -0.1) is 0 Å². The third kappa shape index (κ3) is 3.52. The Morgan fingerprint density at radius 2 is 2.05 bits per heavy atom. The summed E-state index contributed by atoms with van der Waals surface area (Å²) in [6.45, 7) is 2.43. The van der Waals surface area contributed by atoms with Crippen LogP contribution in [0.5, 0.6) is 11.5 Å². The van der Waals surface area contributed by atoms with Crippen molar-refractivity contribution >= 4 is 5.91 Å². The van der Waals surface area contributed by atoms with E-state index >= 15 is 0 Å². The van der Waals surface area contributed by atoms with E-state index in [4.69, 9.17) is 9.47 Å². The van der Waals surface area contributed by atoms with Crippen LogP contribution in [0.4, 0.5) is 0 Å². The first-order valence-corrected chi connectivity index (χ1v) is 6.92. The highest BCUT2D eigenvalue weighted by Gasteiger charge is 2.12. The van der Waals surface area contributed by atoms with E-state index in [-0.39, 0.29) is 5.91 Å². The van der Waals surface area contributed by atoms with E-state index in [1.165, 1.54) is 18.6 Å². The molecule has 0 aliphatic heterocycles. The largest absolute Gasteiger partial charge is 0.496 e. The van der Waals surface area contributed by atoms with E-state index in [0.29, 0.717) is 18.7 Å². The maximum atomic E-state index is 11.9. The lowest BCUT2D eigenvalue weighted by Gasteiger charge is -2.14. The summed E-state index contributed by atoms with van der Waals surface area (Å²) < 4.78 is 10.7. The van der Waals surface area contributed by atoms with E-state index < -0.39 is 0 Å². The Labute approximate surface area is 129 Å². The molecular weight excluding hydrogens is 282 g/mol. The zero-order chi connectivity index (χ0) is 15.9. The van der Waals surface area contributed by atoms with Crippen LogP contribution in [0.3, 0.4) is 0 Å². The number of rotatable bonds is 6. The van der Waals surface area contributed by atoms with Gasteiger partial charge in [0.2, 0.25) is 0 Å². The molecule has 0 saturated heterocycles. The van der Waals surface area contributed by atoms with Crippen LogP contribution in [-0.2, 0) is 6.42 Å². The molecule has 0 fully saturated rings. The Kier molecular flexibility index (Phi) is 5.30. The summed E-state index contributed by atoms with van der Waals surface area (Å²) in [6.07, 6.45) is 5.11. The molecule has 0 spiro atoms. The van der Waals surface area contributed by atoms with Crippen LogP contribution in [0.15, 0.2) is 30.7 Å². The highest BCUT2D eigenvalue weighted by atomic mass is 16.5. The van der Waals surface area contributed by atoms with Gasteiger partial charge >= 0.3 is 0 Å². The second-order valence-corrected chi connectivity index (χ2v) is 4.68. The molecule has 6 nitrogen and oxygen atoms in total. The number of carbonyl (C=O) groups is 1. The van der Waals surface area contributed by atoms with Gasteiger partial charge in [-0.05, 0) is 25.0 Å². The van der Waals surface area contributed by atoms with Crippen LogP contribution >= 0.6 is 0 Å². The summed E-state index contributed by atoms with van der Waals surface area (Å²) in [7, 11) is 3.26. The third-order valence-corrected chi connectivity index (χ3v) is 3.34. The van der Waals surface area contributed by atoms with E-state index in [0.717, 1.165) is 22.6 Å². The molecule has 0 unspecified atom stereocenters. The second kappa shape index (κ2) is 7.40. The molecule has 2 rings (SSSR count). The molecule has 2 aromatic rings. The zero-order valence-electron chi connectivity index (χ0n) is 12.9. The lowest BCUT2D eigenvalue weighted by atomic mass is 10.1. The van der Waals surface area contributed by atoms with Gasteiger partial charge in [0.25, 0.3) is 5.91 Å². The molecule has 6 heteroatoms. The van der Waals surface area contributed by atoms with Crippen molar-refractivity contribution in [3.63, 3.8) is 0 Å². The number of ether oxygens (including phenoxy) is 2. The van der Waals surface area contributed by atoms with Gasteiger partial charge in [-0.3, -0.25) is 9.78 Å². The van der Waals surface area contributed by atoms with Crippen molar-refractivity contribution in [2.75, 3.05) is 20.8 Å². The standard InChI is InChI=1S/C16H19N3O3/c1-11-14(21-2)5-4-12(15(11)22-3)6-7-19-16(20)13-10-17-8-9-18-13/h4-5,8-10H,6-7H2,1-3H3,(H,19,20). The molecule has 1 amide bonds. The normalized spacial score (nSPS) is 10.1. The maximum Gasteiger partial charge on any atom is 0.271 e. The Hall–Kier alpha value is -2.63. The molecule has 1 aromatic carbocycles. The van der Waals surface area contributed by atoms with Gasteiger partial charge in [0.1, 0.15) is 17.2 Å². The first kappa shape index (κ1) is 15.8. The minimum atomic E-state index is -0.239. The van der Waals surface area contributed by atoms with Gasteiger partial charge in [0.05, 0.1) is 20.4 Å². The Balaban J connectivity index is 2.00. The zero-order valence-corrected chi connectivity index (χ0v) is 12.9. The minimum absolute atomic E-state index is 0.239. The topological polar surface area (TPSA) is 73.3 Å². The Morgan fingerprint density at radius 1 is 1.23 bits per heavy atom. The highest BCUT2D eigenvalue weighted by Crippen LogP contribution is 2.31. The molecule has 1 aromatic heterocycles. The van der Waals surface area contributed by atoms with E-state index in [1.54, 1.807) is 14.2 Å². The van der Waals surface area contributed by atoms with E-state index in [9.17, 15) is 4.79 Å². The molecule has 116 valence electrons. The van der Waals surface area contributed by atoms with Crippen LogP contribution in [0.1, 0.15) is 21.6 Å². The Bertz CT molecular complexity index is 645. The highest BCUT2D eigenvalue weighted by molar-refractivity contribution is 5.91. The molecule has 0 saturated carbocycles. The maximum absolute atomic E-state index is 11.9. The van der Waals surface area contributed by atoms with Crippen LogP contribution in [-0.4, -0.2) is 36.6 Å². The average Bonchev–Trinajstić information content (AvgIpc) is 2.56. The number of hydrogen-bond donors (Lipinski definition) is 1. The number of amides is 1. The van der Waals surface area contributed by atoms with Gasteiger partial charge in [0.15, 0.2) is 0 Å². The van der Waals surface area contributed by atoms with Crippen LogP contribution < -0.4 is 14.8 Å². The lowest BCUT2D eigenvalue weighted by Crippen LogP contribution is -2.26. The predicted octanol–water partition coefficient (Wildman–Crippen LogP) is 1.77. The van der Waals surface area contributed by atoms with Crippen molar-refractivity contribution < 1.29 is 14.3 Å². The van der Waals surface area contributed by atoms with Crippen LogP contribution in [0.25, 0.3) is 0 Å². The van der Waals surface area contributed by atoms with Crippen molar-refractivity contribution in [2.24, 2.45) is 0 Å². The summed E-state index contributed by atoms with van der Waals surface area (Å²) in [4.78, 5) is 19.7. The van der Waals surface area contributed by atoms with Gasteiger partial charge < -0.3 is 14.8 Å². The molecule has 1 N–H and O–H groups in total. The molecule has 22 heavy (non-hydrogen) atoms. The van der Waals surface area contributed by atoms with Crippen molar-refractivity contribution in [3.05, 3.63) is 47.5 Å². The molecule has 0 bridgehead atoms. The molecule has 0 atom stereocenters. The van der Waals surface area contributed by atoms with Crippen LogP contribution in [0, 0.1) is 6.92 Å². The SMILES string of the molecule is COc1ccc(CCNC(=O)c2cnccn2)c(OC)c1C. The van der Waals surface area contributed by atoms with E-state index in [2.05, 4.69) is 15.3 Å². The average molecular weight is 301 g/mol. The van der Waals surface area contributed by atoms with Crippen LogP contribution in [0.2, 0.25) is 0 Å². The van der Waals surface area contributed by atoms with Gasteiger partial charge in [-0.25, -0.2) is 4.98 Å². The number of benzene rings is 1. The first-order valence-electron chi connectivity index (χ1n) is 6.92. The molecule has 0 aliphatic rings. The molecular formula is C16H19N3O3. The monoisotopic (exact) mass is 301 g/mol. The second-order valence-electron chi connectivity index (χ2n) is 4.68. The number of methoxy groups -OCH3 is 2. The smallest absolute Gasteiger partial charge is 0.271 e. The lowest BCUT2D eigenvalue weighted by molar-refractivity contribution is 0.0948. The fourth-order valence-corrected chi connectivity index (χ4v) is 2.25. The van der Waals surface area contributed by atoms with E-state index in [1.807, 2.05) is 19.1 Å². The molecule has 0 aliphatic carbocycles. The van der Waals surface area contributed by atoms with Crippen molar-refractivity contribution in [2.45, 2.75) is 13.3 Å². The number of aromatic nitrogens is 2. The van der Waals surface area contributed by atoms with Crippen molar-refractivity contribution in [3.8, 4) is 11.5 Å². The summed E-state index contributed by atoms with van der Waals surface area (Å²) >= 11 is 0. The molecule has 0 radical (unpaired) electrons. The summed E-state index contributed by atoms with van der Waals surface area (Å²) in [6, 6.07) is 3.84. The summed E-state index contributed by atoms with van der Waals surface area (Å²) in [5, 5.41) is 2.82. The Morgan fingerprint density at radius 3 is 2.68 bits per heavy atom. The number of nitrogens with zero attached hydrogens (tertiary/aromatic N) is 2. The quantitative estimate of drug-likeness (QED) is 0.880. The van der Waals surface area contributed by atoms with Gasteiger partial charge in [-0.2, -0.15) is 0 Å². The summed E-state index contributed by atoms with van der Waals surface area (Å²) in [5.41, 5.74) is 2.27. The van der Waals surface area contributed by atoms with Crippen molar-refractivity contribution in [1.29, 1.82) is 0 Å². The molecule has 1 heterocycles. The van der Waals surface area contributed by atoms with Gasteiger partial charge in [-0.1, -0.05) is 6.07 Å². The van der Waals surface area contributed by atoms with Crippen molar-refractivity contribution in [1.82, 2.24) is 15.3 Å². The number of carbonyl (C=O) groups excluding carboxylic acids is 1. The minimum Gasteiger partial charge on any atom is -0.496 e. The third-order valence-electron chi connectivity index (χ3n) is 3.34. The number of hydrogen-bond acceptors (Lipinski definition) is 5. The fourth-order valence-electron chi connectivity index (χ4n) is 2.25. The fraction of sp³-hybridized carbons (Fsp3) is 0.312. The summed E-state index contributed by atoms with van der Waals surface area (Å²) in [5.74, 6) is 1.33. The van der Waals surface area contributed by atoms with Gasteiger partial charge in [0, 0.05) is 24.5 Å².